The summed E-state index contributed by atoms with van der Waals surface area (Å²) in [6.45, 7) is 5.03. The predicted molar refractivity (Wildman–Crippen MR) is 82.4 cm³/mol. The number of hydrogen-bond acceptors (Lipinski definition) is 2. The Bertz CT molecular complexity index is 517. The Morgan fingerprint density at radius 2 is 1.58 bits per heavy atom. The van der Waals surface area contributed by atoms with Gasteiger partial charge in [0.25, 0.3) is 0 Å². The normalized spacial score (nSPS) is 10.8. The lowest BCUT2D eigenvalue weighted by Gasteiger charge is -2.19. The smallest absolute Gasteiger partial charge is 0.0592 e. The third-order valence-corrected chi connectivity index (χ3v) is 3.41. The number of rotatable bonds is 4. The van der Waals surface area contributed by atoms with Gasteiger partial charge in [0, 0.05) is 5.02 Å². The summed E-state index contributed by atoms with van der Waals surface area (Å²) in [5.41, 5.74) is 3.47. The maximum absolute atomic E-state index is 6.09. The van der Waals surface area contributed by atoms with E-state index in [1.807, 2.05) is 24.3 Å². The monoisotopic (exact) mass is 274 g/mol. The highest BCUT2D eigenvalue weighted by Gasteiger charge is 2.04. The molecule has 0 fully saturated rings. The standard InChI is InChI=1S/C16H19ClN2/c1-12(2)14-5-9-16(10-6-14)19(18)11-13-3-7-15(17)8-4-13/h3-10,12H,11,18H2,1-2H3. The maximum atomic E-state index is 6.09. The SMILES string of the molecule is CC(C)c1ccc(N(N)Cc2ccc(Cl)cc2)cc1. The summed E-state index contributed by atoms with van der Waals surface area (Å²) in [5, 5.41) is 2.49. The van der Waals surface area contributed by atoms with Crippen molar-refractivity contribution in [2.24, 2.45) is 5.84 Å². The summed E-state index contributed by atoms with van der Waals surface area (Å²) in [7, 11) is 0. The molecule has 0 aliphatic carbocycles. The van der Waals surface area contributed by atoms with Gasteiger partial charge >= 0.3 is 0 Å². The molecule has 0 aromatic heterocycles. The van der Waals surface area contributed by atoms with Crippen LogP contribution in [0, 0.1) is 0 Å². The molecule has 0 heterocycles. The molecule has 0 spiro atoms. The third-order valence-electron chi connectivity index (χ3n) is 3.16. The van der Waals surface area contributed by atoms with E-state index >= 15 is 0 Å². The van der Waals surface area contributed by atoms with Crippen LogP contribution in [-0.4, -0.2) is 0 Å². The number of halogens is 1. The highest BCUT2D eigenvalue weighted by atomic mass is 35.5. The Kier molecular flexibility index (Phi) is 4.46. The number of nitrogens with zero attached hydrogens (tertiary/aromatic N) is 1. The minimum Gasteiger partial charge on any atom is -0.307 e. The quantitative estimate of drug-likeness (QED) is 0.664. The second-order valence-electron chi connectivity index (χ2n) is 5.00. The van der Waals surface area contributed by atoms with E-state index in [0.717, 1.165) is 16.3 Å². The molecule has 0 saturated carbocycles. The Balaban J connectivity index is 2.07. The molecule has 0 unspecified atom stereocenters. The zero-order valence-electron chi connectivity index (χ0n) is 11.3. The van der Waals surface area contributed by atoms with Crippen molar-refractivity contribution in [2.75, 3.05) is 5.01 Å². The van der Waals surface area contributed by atoms with E-state index < -0.39 is 0 Å². The molecule has 0 saturated heterocycles. The van der Waals surface area contributed by atoms with Crippen LogP contribution in [0.3, 0.4) is 0 Å². The van der Waals surface area contributed by atoms with Crippen molar-refractivity contribution in [3.8, 4) is 0 Å². The minimum absolute atomic E-state index is 0.538. The van der Waals surface area contributed by atoms with Gasteiger partial charge in [0.1, 0.15) is 0 Å². The average Bonchev–Trinajstić information content (AvgIpc) is 2.41. The molecule has 0 bridgehead atoms. The zero-order chi connectivity index (χ0) is 13.8. The fourth-order valence-electron chi connectivity index (χ4n) is 1.93. The predicted octanol–water partition coefficient (Wildman–Crippen LogP) is 4.34. The van der Waals surface area contributed by atoms with Crippen LogP contribution in [0.5, 0.6) is 0 Å². The molecule has 0 aliphatic heterocycles. The van der Waals surface area contributed by atoms with Gasteiger partial charge in [0.05, 0.1) is 12.2 Å². The van der Waals surface area contributed by atoms with Crippen molar-refractivity contribution >= 4 is 17.3 Å². The molecule has 2 aromatic carbocycles. The van der Waals surface area contributed by atoms with E-state index in [0.29, 0.717) is 12.5 Å². The molecule has 0 radical (unpaired) electrons. The van der Waals surface area contributed by atoms with E-state index in [4.69, 9.17) is 17.4 Å². The fraction of sp³-hybridized carbons (Fsp3) is 0.250. The first-order valence-electron chi connectivity index (χ1n) is 6.43. The van der Waals surface area contributed by atoms with Crippen molar-refractivity contribution in [3.63, 3.8) is 0 Å². The second-order valence-corrected chi connectivity index (χ2v) is 5.44. The van der Waals surface area contributed by atoms with Crippen LogP contribution < -0.4 is 10.9 Å². The summed E-state index contributed by atoms with van der Waals surface area (Å²) in [6.07, 6.45) is 0. The van der Waals surface area contributed by atoms with Gasteiger partial charge in [-0.05, 0) is 41.3 Å². The first-order valence-corrected chi connectivity index (χ1v) is 6.80. The summed E-state index contributed by atoms with van der Waals surface area (Å²) in [4.78, 5) is 0. The van der Waals surface area contributed by atoms with Gasteiger partial charge in [-0.1, -0.05) is 49.7 Å². The van der Waals surface area contributed by atoms with E-state index in [1.165, 1.54) is 5.56 Å². The first kappa shape index (κ1) is 13.9. The highest BCUT2D eigenvalue weighted by Crippen LogP contribution is 2.20. The number of hydrazine groups is 1. The first-order chi connectivity index (χ1) is 9.06. The molecule has 19 heavy (non-hydrogen) atoms. The molecule has 0 atom stereocenters. The Hall–Kier alpha value is -1.51. The van der Waals surface area contributed by atoms with E-state index in [9.17, 15) is 0 Å². The van der Waals surface area contributed by atoms with E-state index in [1.54, 1.807) is 5.01 Å². The Morgan fingerprint density at radius 3 is 2.11 bits per heavy atom. The average molecular weight is 275 g/mol. The second kappa shape index (κ2) is 6.09. The van der Waals surface area contributed by atoms with Crippen LogP contribution >= 0.6 is 11.6 Å². The third kappa shape index (κ3) is 3.72. The summed E-state index contributed by atoms with van der Waals surface area (Å²) >= 11 is 5.87. The number of anilines is 1. The lowest BCUT2D eigenvalue weighted by Crippen LogP contribution is -2.29. The van der Waals surface area contributed by atoms with E-state index in [-0.39, 0.29) is 0 Å². The molecule has 3 heteroatoms. The molecular weight excluding hydrogens is 256 g/mol. The van der Waals surface area contributed by atoms with E-state index in [2.05, 4.69) is 38.1 Å². The van der Waals surface area contributed by atoms with Gasteiger partial charge in [0.2, 0.25) is 0 Å². The Morgan fingerprint density at radius 1 is 1.00 bits per heavy atom. The lowest BCUT2D eigenvalue weighted by atomic mass is 10.0. The lowest BCUT2D eigenvalue weighted by molar-refractivity contribution is 0.843. The van der Waals surface area contributed by atoms with Crippen LogP contribution in [0.15, 0.2) is 48.5 Å². The van der Waals surface area contributed by atoms with Gasteiger partial charge in [0.15, 0.2) is 0 Å². The number of benzene rings is 2. The molecule has 2 nitrogen and oxygen atoms in total. The zero-order valence-corrected chi connectivity index (χ0v) is 12.1. The topological polar surface area (TPSA) is 29.3 Å². The molecule has 2 aromatic rings. The maximum Gasteiger partial charge on any atom is 0.0592 e. The van der Waals surface area contributed by atoms with Gasteiger partial charge in [-0.25, -0.2) is 5.84 Å². The molecular formula is C16H19ClN2. The van der Waals surface area contributed by atoms with Crippen molar-refractivity contribution in [1.82, 2.24) is 0 Å². The summed E-state index contributed by atoms with van der Waals surface area (Å²) in [6, 6.07) is 16.1. The fourth-order valence-corrected chi connectivity index (χ4v) is 2.05. The molecule has 100 valence electrons. The molecule has 2 N–H and O–H groups in total. The van der Waals surface area contributed by atoms with Gasteiger partial charge in [-0.15, -0.1) is 0 Å². The van der Waals surface area contributed by atoms with Crippen molar-refractivity contribution < 1.29 is 0 Å². The summed E-state index contributed by atoms with van der Waals surface area (Å²) in [5.74, 6) is 6.63. The number of nitrogens with two attached hydrogens (primary N) is 1. The van der Waals surface area contributed by atoms with Crippen LogP contribution in [0.1, 0.15) is 30.9 Å². The molecule has 0 amide bonds. The number of hydrogen-bond donors (Lipinski definition) is 1. The molecule has 0 aliphatic rings. The highest BCUT2D eigenvalue weighted by molar-refractivity contribution is 6.30. The Labute approximate surface area is 119 Å². The van der Waals surface area contributed by atoms with Crippen LogP contribution in [0.4, 0.5) is 5.69 Å². The molecule has 2 rings (SSSR count). The van der Waals surface area contributed by atoms with Crippen molar-refractivity contribution in [2.45, 2.75) is 26.3 Å². The largest absolute Gasteiger partial charge is 0.307 e. The van der Waals surface area contributed by atoms with Crippen molar-refractivity contribution in [1.29, 1.82) is 0 Å². The minimum atomic E-state index is 0.538. The van der Waals surface area contributed by atoms with Gasteiger partial charge in [-0.2, -0.15) is 0 Å². The summed E-state index contributed by atoms with van der Waals surface area (Å²) < 4.78 is 0. The van der Waals surface area contributed by atoms with Crippen LogP contribution in [0.25, 0.3) is 0 Å². The van der Waals surface area contributed by atoms with Crippen molar-refractivity contribution in [3.05, 3.63) is 64.7 Å². The van der Waals surface area contributed by atoms with Crippen LogP contribution in [-0.2, 0) is 6.54 Å². The van der Waals surface area contributed by atoms with Crippen LogP contribution in [0.2, 0.25) is 5.02 Å². The van der Waals surface area contributed by atoms with Gasteiger partial charge < -0.3 is 5.01 Å². The van der Waals surface area contributed by atoms with Gasteiger partial charge in [-0.3, -0.25) is 0 Å².